The van der Waals surface area contributed by atoms with Crippen molar-refractivity contribution in [3.05, 3.63) is 32.6 Å². The van der Waals surface area contributed by atoms with Crippen molar-refractivity contribution in [1.29, 1.82) is 0 Å². The summed E-state index contributed by atoms with van der Waals surface area (Å²) in [7, 11) is 4.63. The summed E-state index contributed by atoms with van der Waals surface area (Å²) in [5.41, 5.74) is 5.10. The van der Waals surface area contributed by atoms with Crippen molar-refractivity contribution < 1.29 is 4.79 Å². The van der Waals surface area contributed by atoms with Crippen LogP contribution in [0, 0.1) is 0 Å². The van der Waals surface area contributed by atoms with E-state index < -0.39 is 5.54 Å². The fraction of sp³-hybridized carbons (Fsp3) is 0.643. The van der Waals surface area contributed by atoms with Crippen LogP contribution >= 0.6 is 0 Å². The van der Waals surface area contributed by atoms with Crippen molar-refractivity contribution >= 4 is 5.91 Å². The molecule has 0 saturated heterocycles. The zero-order valence-electron chi connectivity index (χ0n) is 13.3. The number of hydrogen-bond donors (Lipinski definition) is 1. The van der Waals surface area contributed by atoms with Crippen LogP contribution in [0.3, 0.4) is 0 Å². The van der Waals surface area contributed by atoms with Gasteiger partial charge in [0.1, 0.15) is 0 Å². The standard InChI is InChI=1S/C14H24N4O3/c1-14(2,15)7-6-11(19)16(3)8-10-9-17(4)13(21)18(5)12(10)20/h9H,6-8,15H2,1-5H3. The lowest BCUT2D eigenvalue weighted by molar-refractivity contribution is -0.130. The third-order valence-corrected chi connectivity index (χ3v) is 3.33. The number of amides is 1. The van der Waals surface area contributed by atoms with Crippen LogP contribution in [0.1, 0.15) is 32.3 Å². The third-order valence-electron chi connectivity index (χ3n) is 3.33. The first-order valence-corrected chi connectivity index (χ1v) is 6.81. The smallest absolute Gasteiger partial charge is 0.330 e. The van der Waals surface area contributed by atoms with Gasteiger partial charge in [0.25, 0.3) is 5.56 Å². The maximum Gasteiger partial charge on any atom is 0.330 e. The molecule has 7 nitrogen and oxygen atoms in total. The first-order valence-electron chi connectivity index (χ1n) is 6.81. The summed E-state index contributed by atoms with van der Waals surface area (Å²) in [4.78, 5) is 37.1. The largest absolute Gasteiger partial charge is 0.341 e. The first kappa shape index (κ1) is 17.2. The van der Waals surface area contributed by atoms with E-state index in [2.05, 4.69) is 0 Å². The predicted octanol–water partition coefficient (Wildman–Crippen LogP) is -0.440. The highest BCUT2D eigenvalue weighted by atomic mass is 16.2. The number of nitrogens with zero attached hydrogens (tertiary/aromatic N) is 3. The molecule has 0 saturated carbocycles. The Balaban J connectivity index is 2.85. The molecule has 0 aromatic carbocycles. The van der Waals surface area contributed by atoms with Gasteiger partial charge >= 0.3 is 5.69 Å². The average molecular weight is 296 g/mol. The first-order chi connectivity index (χ1) is 9.53. The molecule has 0 atom stereocenters. The summed E-state index contributed by atoms with van der Waals surface area (Å²) in [6.45, 7) is 3.90. The molecule has 0 aliphatic rings. The second kappa shape index (κ2) is 6.26. The van der Waals surface area contributed by atoms with Gasteiger partial charge in [0.2, 0.25) is 5.91 Å². The van der Waals surface area contributed by atoms with Crippen molar-refractivity contribution in [2.45, 2.75) is 38.8 Å². The van der Waals surface area contributed by atoms with Gasteiger partial charge in [-0.2, -0.15) is 0 Å². The lowest BCUT2D eigenvalue weighted by Gasteiger charge is -2.21. The molecule has 0 fully saturated rings. The van der Waals surface area contributed by atoms with Gasteiger partial charge in [-0.05, 0) is 20.3 Å². The van der Waals surface area contributed by atoms with Crippen LogP contribution in [0.4, 0.5) is 0 Å². The van der Waals surface area contributed by atoms with Crippen LogP contribution in [0.2, 0.25) is 0 Å². The van der Waals surface area contributed by atoms with Crippen molar-refractivity contribution in [1.82, 2.24) is 14.0 Å². The van der Waals surface area contributed by atoms with E-state index in [9.17, 15) is 14.4 Å². The summed E-state index contributed by atoms with van der Waals surface area (Å²) in [5.74, 6) is -0.0792. The minimum absolute atomic E-state index is 0.0792. The molecule has 0 spiro atoms. The van der Waals surface area contributed by atoms with E-state index in [0.717, 1.165) is 4.57 Å². The van der Waals surface area contributed by atoms with Crippen LogP contribution in [-0.2, 0) is 25.4 Å². The molecular formula is C14H24N4O3. The van der Waals surface area contributed by atoms with Crippen LogP contribution in [-0.4, -0.2) is 32.5 Å². The molecule has 0 bridgehead atoms. The third kappa shape index (κ3) is 4.56. The second-order valence-corrected chi connectivity index (χ2v) is 6.15. The quantitative estimate of drug-likeness (QED) is 0.797. The Labute approximate surface area is 124 Å². The van der Waals surface area contributed by atoms with Crippen molar-refractivity contribution in [3.63, 3.8) is 0 Å². The van der Waals surface area contributed by atoms with E-state index in [1.165, 1.54) is 22.7 Å². The minimum Gasteiger partial charge on any atom is -0.341 e. The highest BCUT2D eigenvalue weighted by Crippen LogP contribution is 2.09. The van der Waals surface area contributed by atoms with Gasteiger partial charge < -0.3 is 15.2 Å². The predicted molar refractivity (Wildman–Crippen MR) is 80.9 cm³/mol. The molecule has 118 valence electrons. The van der Waals surface area contributed by atoms with Gasteiger partial charge in [0, 0.05) is 39.3 Å². The fourth-order valence-corrected chi connectivity index (χ4v) is 1.96. The summed E-state index contributed by atoms with van der Waals surface area (Å²) >= 11 is 0. The van der Waals surface area contributed by atoms with Gasteiger partial charge in [-0.25, -0.2) is 4.79 Å². The monoisotopic (exact) mass is 296 g/mol. The Morgan fingerprint density at radius 2 is 1.90 bits per heavy atom. The summed E-state index contributed by atoms with van der Waals surface area (Å²) in [6, 6.07) is 0. The maximum absolute atomic E-state index is 12.0. The number of hydrogen-bond acceptors (Lipinski definition) is 4. The van der Waals surface area contributed by atoms with Gasteiger partial charge in [-0.1, -0.05) is 0 Å². The molecule has 0 aliphatic heterocycles. The van der Waals surface area contributed by atoms with Crippen LogP contribution < -0.4 is 17.0 Å². The fourth-order valence-electron chi connectivity index (χ4n) is 1.96. The molecule has 1 amide bonds. The lowest BCUT2D eigenvalue weighted by atomic mass is 10.00. The molecule has 2 N–H and O–H groups in total. The normalized spacial score (nSPS) is 11.5. The van der Waals surface area contributed by atoms with Crippen molar-refractivity contribution in [2.75, 3.05) is 7.05 Å². The Hall–Kier alpha value is -1.89. The van der Waals surface area contributed by atoms with Crippen molar-refractivity contribution in [3.8, 4) is 0 Å². The number of aromatic nitrogens is 2. The zero-order valence-corrected chi connectivity index (χ0v) is 13.3. The summed E-state index contributed by atoms with van der Waals surface area (Å²) < 4.78 is 2.37. The second-order valence-electron chi connectivity index (χ2n) is 6.15. The van der Waals surface area contributed by atoms with Gasteiger partial charge in [0.15, 0.2) is 0 Å². The molecule has 1 aromatic heterocycles. The molecule has 1 heterocycles. The van der Waals surface area contributed by atoms with Gasteiger partial charge in [-0.15, -0.1) is 0 Å². The molecule has 1 aromatic rings. The average Bonchev–Trinajstić information content (AvgIpc) is 2.38. The molecule has 0 radical (unpaired) electrons. The molecule has 7 heteroatoms. The maximum atomic E-state index is 12.0. The number of carbonyl (C=O) groups excluding carboxylic acids is 1. The Bertz CT molecular complexity index is 637. The van der Waals surface area contributed by atoms with E-state index in [4.69, 9.17) is 5.73 Å². The number of nitrogens with two attached hydrogens (primary N) is 1. The van der Waals surface area contributed by atoms with Crippen LogP contribution in [0.25, 0.3) is 0 Å². The number of carbonyl (C=O) groups is 1. The van der Waals surface area contributed by atoms with E-state index in [1.807, 2.05) is 13.8 Å². The SMILES string of the molecule is CN(Cc1cn(C)c(=O)n(C)c1=O)C(=O)CCC(C)(C)N. The van der Waals surface area contributed by atoms with Crippen LogP contribution in [0.15, 0.2) is 15.8 Å². The molecule has 21 heavy (non-hydrogen) atoms. The molecule has 0 aliphatic carbocycles. The summed E-state index contributed by atoms with van der Waals surface area (Å²) in [6.07, 6.45) is 2.37. The number of rotatable bonds is 5. The van der Waals surface area contributed by atoms with E-state index >= 15 is 0 Å². The molecule has 0 unspecified atom stereocenters. The van der Waals surface area contributed by atoms with Crippen LogP contribution in [0.5, 0.6) is 0 Å². The summed E-state index contributed by atoms with van der Waals surface area (Å²) in [5, 5.41) is 0. The number of aryl methyl sites for hydroxylation is 1. The highest BCUT2D eigenvalue weighted by Gasteiger charge is 2.17. The Morgan fingerprint density at radius 3 is 2.43 bits per heavy atom. The molecule has 1 rings (SSSR count). The van der Waals surface area contributed by atoms with Gasteiger partial charge in [-0.3, -0.25) is 14.2 Å². The van der Waals surface area contributed by atoms with E-state index in [0.29, 0.717) is 18.4 Å². The van der Waals surface area contributed by atoms with Crippen molar-refractivity contribution in [2.24, 2.45) is 19.8 Å². The van der Waals surface area contributed by atoms with E-state index in [-0.39, 0.29) is 23.7 Å². The van der Waals surface area contributed by atoms with E-state index in [1.54, 1.807) is 14.1 Å². The Kier molecular flexibility index (Phi) is 5.11. The lowest BCUT2D eigenvalue weighted by Crippen LogP contribution is -2.40. The minimum atomic E-state index is -0.400. The highest BCUT2D eigenvalue weighted by molar-refractivity contribution is 5.75. The molecular weight excluding hydrogens is 272 g/mol. The van der Waals surface area contributed by atoms with Gasteiger partial charge in [0.05, 0.1) is 12.1 Å². The Morgan fingerprint density at radius 1 is 1.33 bits per heavy atom. The zero-order chi connectivity index (χ0) is 16.4. The topological polar surface area (TPSA) is 90.3 Å².